The van der Waals surface area contributed by atoms with Gasteiger partial charge in [0.05, 0.1) is 17.1 Å². The molecular formula is C19H23N7O. The van der Waals surface area contributed by atoms with E-state index in [0.717, 1.165) is 43.5 Å². The first-order chi connectivity index (χ1) is 13.1. The number of fused-ring (bicyclic) bond motifs is 1. The largest absolute Gasteiger partial charge is 0.369 e. The summed E-state index contributed by atoms with van der Waals surface area (Å²) in [6, 6.07) is 7.59. The molecule has 0 radical (unpaired) electrons. The Hall–Kier alpha value is -2.92. The average molecular weight is 365 g/mol. The summed E-state index contributed by atoms with van der Waals surface area (Å²) in [5, 5.41) is 19.3. The number of nitrogens with zero attached hydrogens (tertiary/aromatic N) is 4. The number of benzene rings is 1. The Labute approximate surface area is 158 Å². The molecule has 8 nitrogen and oxygen atoms in total. The van der Waals surface area contributed by atoms with E-state index >= 15 is 0 Å². The molecule has 2 aliphatic rings. The van der Waals surface area contributed by atoms with E-state index in [2.05, 4.69) is 26.9 Å². The Bertz CT molecular complexity index is 916. The van der Waals surface area contributed by atoms with E-state index in [-0.39, 0.29) is 5.91 Å². The van der Waals surface area contributed by atoms with Gasteiger partial charge in [-0.15, -0.1) is 0 Å². The number of anilines is 2. The van der Waals surface area contributed by atoms with Crippen molar-refractivity contribution in [2.24, 2.45) is 5.41 Å². The Morgan fingerprint density at radius 3 is 2.93 bits per heavy atom. The highest BCUT2D eigenvalue weighted by atomic mass is 16.1. The molecule has 1 aromatic carbocycles. The van der Waals surface area contributed by atoms with E-state index in [9.17, 15) is 10.1 Å². The van der Waals surface area contributed by atoms with Gasteiger partial charge >= 0.3 is 0 Å². The lowest BCUT2D eigenvalue weighted by atomic mass is 9.81. The van der Waals surface area contributed by atoms with Gasteiger partial charge in [-0.1, -0.05) is 0 Å². The molecule has 8 heteroatoms. The number of nitriles is 1. The quantitative estimate of drug-likeness (QED) is 0.721. The van der Waals surface area contributed by atoms with Crippen molar-refractivity contribution < 1.29 is 4.79 Å². The van der Waals surface area contributed by atoms with Crippen LogP contribution in [0.1, 0.15) is 18.4 Å². The minimum absolute atomic E-state index is 0.0215. The predicted octanol–water partition coefficient (Wildman–Crippen LogP) is 0.849. The smallest absolute Gasteiger partial charge is 0.227 e. The summed E-state index contributed by atoms with van der Waals surface area (Å²) >= 11 is 0. The molecule has 1 amide bonds. The molecule has 27 heavy (non-hydrogen) atoms. The summed E-state index contributed by atoms with van der Waals surface area (Å²) in [5.74, 6) is 1.37. The van der Waals surface area contributed by atoms with Gasteiger partial charge in [-0.25, -0.2) is 4.98 Å². The van der Waals surface area contributed by atoms with Crippen LogP contribution in [-0.4, -0.2) is 55.6 Å². The van der Waals surface area contributed by atoms with Gasteiger partial charge in [0.25, 0.3) is 0 Å². The molecule has 0 saturated carbocycles. The van der Waals surface area contributed by atoms with Gasteiger partial charge in [0.1, 0.15) is 5.82 Å². The van der Waals surface area contributed by atoms with Crippen LogP contribution in [0.3, 0.4) is 0 Å². The second kappa shape index (κ2) is 7.00. The maximum Gasteiger partial charge on any atom is 0.227 e. The minimum atomic E-state index is -0.0215. The molecule has 3 N–H and O–H groups in total. The second-order valence-electron chi connectivity index (χ2n) is 7.34. The monoisotopic (exact) mass is 365 g/mol. The first-order valence-corrected chi connectivity index (χ1v) is 9.24. The molecule has 2 aromatic rings. The zero-order valence-electron chi connectivity index (χ0n) is 15.4. The first-order valence-electron chi connectivity index (χ1n) is 9.24. The van der Waals surface area contributed by atoms with Crippen molar-refractivity contribution in [1.29, 1.82) is 5.26 Å². The van der Waals surface area contributed by atoms with Crippen LogP contribution >= 0.6 is 0 Å². The van der Waals surface area contributed by atoms with E-state index in [1.807, 2.05) is 6.07 Å². The lowest BCUT2D eigenvalue weighted by molar-refractivity contribution is -0.120. The van der Waals surface area contributed by atoms with E-state index in [1.165, 1.54) is 0 Å². The molecule has 2 saturated heterocycles. The predicted molar refractivity (Wildman–Crippen MR) is 104 cm³/mol. The Morgan fingerprint density at radius 2 is 2.26 bits per heavy atom. The number of nitrogens with one attached hydrogen (secondary N) is 3. The fraction of sp³-hybridized carbons (Fsp3) is 0.474. The summed E-state index contributed by atoms with van der Waals surface area (Å²) in [6.07, 6.45) is 1.51. The van der Waals surface area contributed by atoms with Crippen molar-refractivity contribution in [3.8, 4) is 6.07 Å². The van der Waals surface area contributed by atoms with Crippen LogP contribution in [0.2, 0.25) is 0 Å². The molecule has 1 aromatic heterocycles. The molecule has 0 atom stereocenters. The molecule has 1 spiro atoms. The second-order valence-corrected chi connectivity index (χ2v) is 7.34. The topological polar surface area (TPSA) is 106 Å². The van der Waals surface area contributed by atoms with Crippen LogP contribution < -0.4 is 20.9 Å². The van der Waals surface area contributed by atoms with Crippen molar-refractivity contribution in [2.45, 2.75) is 12.8 Å². The lowest BCUT2D eigenvalue weighted by Gasteiger charge is -2.39. The Balaban J connectivity index is 1.64. The van der Waals surface area contributed by atoms with Gasteiger partial charge in [0.2, 0.25) is 11.9 Å². The molecule has 0 unspecified atom stereocenters. The first kappa shape index (κ1) is 17.5. The zero-order chi connectivity index (χ0) is 18.9. The van der Waals surface area contributed by atoms with Crippen molar-refractivity contribution in [2.75, 3.05) is 50.0 Å². The standard InChI is InChI=1S/C19H23N7O/c1-21-16(27)4-6-23-17-14-3-2-13(9-20)8-15(14)24-18(25-17)26-7-5-19(12-26)10-22-11-19/h2-3,8,22H,4-7,10-12H2,1H3,(H,21,27)(H,23,24,25). The van der Waals surface area contributed by atoms with Crippen molar-refractivity contribution in [3.63, 3.8) is 0 Å². The van der Waals surface area contributed by atoms with Gasteiger partial charge in [-0.3, -0.25) is 4.79 Å². The van der Waals surface area contributed by atoms with Crippen LogP contribution in [0.5, 0.6) is 0 Å². The number of amides is 1. The van der Waals surface area contributed by atoms with Crippen LogP contribution in [0.15, 0.2) is 18.2 Å². The number of rotatable bonds is 5. The van der Waals surface area contributed by atoms with E-state index in [1.54, 1.807) is 19.2 Å². The van der Waals surface area contributed by atoms with Gasteiger partial charge in [0, 0.05) is 57.0 Å². The summed E-state index contributed by atoms with van der Waals surface area (Å²) in [6.45, 7) is 4.46. The summed E-state index contributed by atoms with van der Waals surface area (Å²) in [4.78, 5) is 23.2. The van der Waals surface area contributed by atoms with Crippen molar-refractivity contribution in [1.82, 2.24) is 20.6 Å². The fourth-order valence-electron chi connectivity index (χ4n) is 3.76. The third-order valence-corrected chi connectivity index (χ3v) is 5.46. The van der Waals surface area contributed by atoms with Gasteiger partial charge in [-0.2, -0.15) is 10.2 Å². The third-order valence-electron chi connectivity index (χ3n) is 5.46. The highest BCUT2D eigenvalue weighted by molar-refractivity contribution is 5.91. The number of carbonyl (C=O) groups excluding carboxylic acids is 1. The molecule has 3 heterocycles. The molecule has 2 aliphatic heterocycles. The average Bonchev–Trinajstić information content (AvgIpc) is 3.13. The fourth-order valence-corrected chi connectivity index (χ4v) is 3.76. The van der Waals surface area contributed by atoms with Gasteiger partial charge < -0.3 is 20.9 Å². The number of hydrogen-bond donors (Lipinski definition) is 3. The van der Waals surface area contributed by atoms with E-state index < -0.39 is 0 Å². The summed E-state index contributed by atoms with van der Waals surface area (Å²) in [5.41, 5.74) is 1.67. The van der Waals surface area contributed by atoms with Crippen molar-refractivity contribution in [3.05, 3.63) is 23.8 Å². The molecular weight excluding hydrogens is 342 g/mol. The van der Waals surface area contributed by atoms with Crippen LogP contribution in [0.25, 0.3) is 10.9 Å². The minimum Gasteiger partial charge on any atom is -0.369 e. The molecule has 2 fully saturated rings. The lowest BCUT2D eigenvalue weighted by Crippen LogP contribution is -2.54. The third kappa shape index (κ3) is 3.38. The van der Waals surface area contributed by atoms with Crippen LogP contribution in [0, 0.1) is 16.7 Å². The maximum absolute atomic E-state index is 11.5. The van der Waals surface area contributed by atoms with Crippen LogP contribution in [0.4, 0.5) is 11.8 Å². The number of aromatic nitrogens is 2. The highest BCUT2D eigenvalue weighted by Gasteiger charge is 2.43. The normalized spacial score (nSPS) is 17.6. The highest BCUT2D eigenvalue weighted by Crippen LogP contribution is 2.36. The van der Waals surface area contributed by atoms with E-state index in [4.69, 9.17) is 9.97 Å². The zero-order valence-corrected chi connectivity index (χ0v) is 15.4. The van der Waals surface area contributed by atoms with Gasteiger partial charge in [0.15, 0.2) is 0 Å². The number of hydrogen-bond acceptors (Lipinski definition) is 7. The Kier molecular flexibility index (Phi) is 4.54. The molecule has 0 bridgehead atoms. The molecule has 140 valence electrons. The Morgan fingerprint density at radius 1 is 1.41 bits per heavy atom. The van der Waals surface area contributed by atoms with E-state index in [0.29, 0.717) is 35.7 Å². The maximum atomic E-state index is 11.5. The van der Waals surface area contributed by atoms with Crippen molar-refractivity contribution >= 4 is 28.6 Å². The molecule has 4 rings (SSSR count). The molecule has 0 aliphatic carbocycles. The summed E-state index contributed by atoms with van der Waals surface area (Å²) in [7, 11) is 1.63. The number of carbonyl (C=O) groups is 1. The summed E-state index contributed by atoms with van der Waals surface area (Å²) < 4.78 is 0. The van der Waals surface area contributed by atoms with Gasteiger partial charge in [-0.05, 0) is 24.6 Å². The SMILES string of the molecule is CNC(=O)CCNc1nc(N2CCC3(CNC3)C2)nc2cc(C#N)ccc12. The van der Waals surface area contributed by atoms with Crippen LogP contribution in [-0.2, 0) is 4.79 Å².